The third kappa shape index (κ3) is 1.96. The molecule has 0 unspecified atom stereocenters. The second kappa shape index (κ2) is 4.17. The molecule has 2 nitrogen and oxygen atoms in total. The third-order valence-corrected chi connectivity index (χ3v) is 3.09. The summed E-state index contributed by atoms with van der Waals surface area (Å²) in [5.74, 6) is 0. The van der Waals surface area contributed by atoms with Crippen LogP contribution in [0.4, 0.5) is 0 Å². The number of halogens is 2. The van der Waals surface area contributed by atoms with Crippen molar-refractivity contribution in [3.63, 3.8) is 0 Å². The third-order valence-electron chi connectivity index (χ3n) is 2.11. The summed E-state index contributed by atoms with van der Waals surface area (Å²) in [6.45, 7) is 1.91. The molecule has 0 N–H and O–H groups in total. The first-order chi connectivity index (χ1) is 7.20. The van der Waals surface area contributed by atoms with Gasteiger partial charge in [0, 0.05) is 18.0 Å². The Bertz CT molecular complexity index is 483. The highest BCUT2D eigenvalue weighted by molar-refractivity contribution is 6.44. The first-order valence-corrected chi connectivity index (χ1v) is 5.16. The number of nitrogens with zero attached hydrogens (tertiary/aromatic N) is 2. The molecule has 2 rings (SSSR count). The van der Waals surface area contributed by atoms with Crippen molar-refractivity contribution < 1.29 is 0 Å². The van der Waals surface area contributed by atoms with Gasteiger partial charge in [0.1, 0.15) is 0 Å². The summed E-state index contributed by atoms with van der Waals surface area (Å²) in [5.41, 5.74) is 2.49. The van der Waals surface area contributed by atoms with E-state index in [9.17, 15) is 0 Å². The fourth-order valence-electron chi connectivity index (χ4n) is 1.28. The first-order valence-electron chi connectivity index (χ1n) is 4.41. The second-order valence-electron chi connectivity index (χ2n) is 3.15. The molecular formula is C11H8Cl2N2. The quantitative estimate of drug-likeness (QED) is 0.757. The van der Waals surface area contributed by atoms with E-state index in [0.717, 1.165) is 16.8 Å². The van der Waals surface area contributed by atoms with Gasteiger partial charge in [-0.25, -0.2) is 0 Å². The van der Waals surface area contributed by atoms with E-state index in [4.69, 9.17) is 23.2 Å². The maximum absolute atomic E-state index is 6.13. The maximum Gasteiger partial charge on any atom is 0.0900 e. The van der Waals surface area contributed by atoms with Gasteiger partial charge in [0.05, 0.1) is 21.9 Å². The molecule has 0 bridgehead atoms. The van der Waals surface area contributed by atoms with Crippen LogP contribution in [0.2, 0.25) is 10.0 Å². The highest BCUT2D eigenvalue weighted by atomic mass is 35.5. The van der Waals surface area contributed by atoms with Crippen LogP contribution in [0.1, 0.15) is 5.56 Å². The van der Waals surface area contributed by atoms with Crippen LogP contribution >= 0.6 is 23.2 Å². The summed E-state index contributed by atoms with van der Waals surface area (Å²) in [5, 5.41) is 1.09. The average Bonchev–Trinajstić information content (AvgIpc) is 2.27. The first kappa shape index (κ1) is 10.4. The Hall–Kier alpha value is -1.12. The van der Waals surface area contributed by atoms with E-state index in [0.29, 0.717) is 10.0 Å². The van der Waals surface area contributed by atoms with Crippen LogP contribution in [-0.4, -0.2) is 9.97 Å². The highest BCUT2D eigenvalue weighted by Gasteiger charge is 2.09. The lowest BCUT2D eigenvalue weighted by Gasteiger charge is -2.06. The van der Waals surface area contributed by atoms with Crippen molar-refractivity contribution in [3.05, 3.63) is 46.3 Å². The van der Waals surface area contributed by atoms with Gasteiger partial charge in [-0.1, -0.05) is 35.3 Å². The van der Waals surface area contributed by atoms with Gasteiger partial charge in [0.25, 0.3) is 0 Å². The molecule has 0 aliphatic rings. The van der Waals surface area contributed by atoms with E-state index in [-0.39, 0.29) is 0 Å². The Morgan fingerprint density at radius 1 is 1.07 bits per heavy atom. The smallest absolute Gasteiger partial charge is 0.0900 e. The summed E-state index contributed by atoms with van der Waals surface area (Å²) >= 11 is 12.2. The minimum absolute atomic E-state index is 0.525. The second-order valence-corrected chi connectivity index (χ2v) is 3.90. The van der Waals surface area contributed by atoms with Crippen LogP contribution in [0.3, 0.4) is 0 Å². The van der Waals surface area contributed by atoms with E-state index in [1.807, 2.05) is 19.1 Å². The van der Waals surface area contributed by atoms with Crippen molar-refractivity contribution >= 4 is 23.2 Å². The Morgan fingerprint density at radius 2 is 1.87 bits per heavy atom. The molecular weight excluding hydrogens is 231 g/mol. The Morgan fingerprint density at radius 3 is 2.53 bits per heavy atom. The number of aryl methyl sites for hydroxylation is 1. The minimum atomic E-state index is 0.525. The molecule has 1 aromatic heterocycles. The van der Waals surface area contributed by atoms with Crippen LogP contribution < -0.4 is 0 Å². The number of aromatic nitrogens is 2. The van der Waals surface area contributed by atoms with Crippen molar-refractivity contribution in [3.8, 4) is 11.3 Å². The van der Waals surface area contributed by atoms with Gasteiger partial charge in [-0.3, -0.25) is 9.97 Å². The fourth-order valence-corrected chi connectivity index (χ4v) is 1.76. The van der Waals surface area contributed by atoms with Crippen molar-refractivity contribution in [1.82, 2.24) is 9.97 Å². The molecule has 76 valence electrons. The number of benzene rings is 1. The van der Waals surface area contributed by atoms with E-state index < -0.39 is 0 Å². The molecule has 1 heterocycles. The molecule has 1 aromatic carbocycles. The van der Waals surface area contributed by atoms with Gasteiger partial charge in [0.2, 0.25) is 0 Å². The molecule has 0 atom stereocenters. The Labute approximate surface area is 97.9 Å². The zero-order chi connectivity index (χ0) is 10.8. The van der Waals surface area contributed by atoms with E-state index in [2.05, 4.69) is 9.97 Å². The minimum Gasteiger partial charge on any atom is -0.261 e. The summed E-state index contributed by atoms with van der Waals surface area (Å²) < 4.78 is 0. The molecule has 0 fully saturated rings. The van der Waals surface area contributed by atoms with Crippen LogP contribution in [0, 0.1) is 6.92 Å². The SMILES string of the molecule is Cc1ccc(-c2cnccn2)c(Cl)c1Cl. The van der Waals surface area contributed by atoms with Crippen LogP contribution in [-0.2, 0) is 0 Å². The average molecular weight is 239 g/mol. The van der Waals surface area contributed by atoms with E-state index >= 15 is 0 Å². The number of rotatable bonds is 1. The van der Waals surface area contributed by atoms with Gasteiger partial charge in [-0.15, -0.1) is 0 Å². The topological polar surface area (TPSA) is 25.8 Å². The zero-order valence-electron chi connectivity index (χ0n) is 8.04. The van der Waals surface area contributed by atoms with Crippen molar-refractivity contribution in [2.24, 2.45) is 0 Å². The van der Waals surface area contributed by atoms with Gasteiger partial charge in [-0.05, 0) is 12.5 Å². The molecule has 0 spiro atoms. The molecule has 4 heteroatoms. The monoisotopic (exact) mass is 238 g/mol. The molecule has 0 radical (unpaired) electrons. The van der Waals surface area contributed by atoms with Gasteiger partial charge in [-0.2, -0.15) is 0 Å². The van der Waals surface area contributed by atoms with Gasteiger partial charge >= 0.3 is 0 Å². The van der Waals surface area contributed by atoms with Crippen molar-refractivity contribution in [1.29, 1.82) is 0 Å². The maximum atomic E-state index is 6.13. The summed E-state index contributed by atoms with van der Waals surface area (Å²) in [4.78, 5) is 8.17. The normalized spacial score (nSPS) is 10.3. The van der Waals surface area contributed by atoms with Gasteiger partial charge in [0.15, 0.2) is 0 Å². The standard InChI is InChI=1S/C11H8Cl2N2/c1-7-2-3-8(11(13)10(7)12)9-6-14-4-5-15-9/h2-6H,1H3. The fraction of sp³-hybridized carbons (Fsp3) is 0.0909. The lowest BCUT2D eigenvalue weighted by molar-refractivity contribution is 1.20. The van der Waals surface area contributed by atoms with Gasteiger partial charge < -0.3 is 0 Å². The molecule has 2 aromatic rings. The molecule has 0 saturated carbocycles. The van der Waals surface area contributed by atoms with E-state index in [1.54, 1.807) is 18.6 Å². The summed E-state index contributed by atoms with van der Waals surface area (Å²) in [7, 11) is 0. The van der Waals surface area contributed by atoms with Crippen molar-refractivity contribution in [2.45, 2.75) is 6.92 Å². The van der Waals surface area contributed by atoms with E-state index in [1.165, 1.54) is 0 Å². The largest absolute Gasteiger partial charge is 0.261 e. The van der Waals surface area contributed by atoms with Crippen LogP contribution in [0.25, 0.3) is 11.3 Å². The Kier molecular flexibility index (Phi) is 2.89. The highest BCUT2D eigenvalue weighted by Crippen LogP contribution is 2.34. The molecule has 0 aliphatic carbocycles. The number of hydrogen-bond donors (Lipinski definition) is 0. The number of hydrogen-bond acceptors (Lipinski definition) is 2. The Balaban J connectivity index is 2.60. The molecule has 0 saturated heterocycles. The molecule has 0 amide bonds. The molecule has 15 heavy (non-hydrogen) atoms. The predicted molar refractivity (Wildman–Crippen MR) is 62.2 cm³/mol. The molecule has 0 aliphatic heterocycles. The van der Waals surface area contributed by atoms with Crippen LogP contribution in [0.15, 0.2) is 30.7 Å². The predicted octanol–water partition coefficient (Wildman–Crippen LogP) is 3.76. The zero-order valence-corrected chi connectivity index (χ0v) is 9.55. The van der Waals surface area contributed by atoms with Crippen molar-refractivity contribution in [2.75, 3.05) is 0 Å². The van der Waals surface area contributed by atoms with Crippen LogP contribution in [0.5, 0.6) is 0 Å². The lowest BCUT2D eigenvalue weighted by atomic mass is 10.1. The summed E-state index contributed by atoms with van der Waals surface area (Å²) in [6, 6.07) is 3.81. The lowest BCUT2D eigenvalue weighted by Crippen LogP contribution is -1.87. The summed E-state index contributed by atoms with van der Waals surface area (Å²) in [6.07, 6.45) is 4.90.